The first-order valence-electron chi connectivity index (χ1n) is 8.41. The number of hydrogen-bond donors (Lipinski definition) is 0. The van der Waals surface area contributed by atoms with Crippen molar-refractivity contribution in [2.45, 2.75) is 18.4 Å². The van der Waals surface area contributed by atoms with Crippen LogP contribution >= 0.6 is 22.9 Å². The fourth-order valence-electron chi connectivity index (χ4n) is 2.82. The molecule has 28 heavy (non-hydrogen) atoms. The highest BCUT2D eigenvalue weighted by Crippen LogP contribution is 2.28. The van der Waals surface area contributed by atoms with Crippen LogP contribution < -0.4 is 0 Å². The fraction of sp³-hybridized carbons (Fsp3) is 0.158. The monoisotopic (exact) mass is 433 g/mol. The number of furan rings is 1. The van der Waals surface area contributed by atoms with E-state index in [2.05, 4.69) is 10.1 Å². The first-order valence-corrected chi connectivity index (χ1v) is 11.5. The highest BCUT2D eigenvalue weighted by Gasteiger charge is 2.23. The SMILES string of the molecule is Cc1nn(-c2ccccc2)c(Cl)c1CS(=O)(=O)Cc1csc(-c2ccco2)n1. The van der Waals surface area contributed by atoms with Gasteiger partial charge in [0.1, 0.15) is 5.15 Å². The van der Waals surface area contributed by atoms with Gasteiger partial charge in [-0.3, -0.25) is 0 Å². The van der Waals surface area contributed by atoms with Gasteiger partial charge in [-0.15, -0.1) is 11.3 Å². The van der Waals surface area contributed by atoms with E-state index >= 15 is 0 Å². The minimum Gasteiger partial charge on any atom is -0.462 e. The average Bonchev–Trinajstić information content (AvgIpc) is 3.40. The normalized spacial score (nSPS) is 11.8. The van der Waals surface area contributed by atoms with Gasteiger partial charge in [-0.2, -0.15) is 5.10 Å². The number of aromatic nitrogens is 3. The molecule has 0 saturated carbocycles. The molecule has 3 heterocycles. The van der Waals surface area contributed by atoms with Crippen LogP contribution in [0.1, 0.15) is 17.0 Å². The summed E-state index contributed by atoms with van der Waals surface area (Å²) in [6.07, 6.45) is 1.56. The molecule has 0 atom stereocenters. The summed E-state index contributed by atoms with van der Waals surface area (Å²) in [5.41, 5.74) is 2.36. The summed E-state index contributed by atoms with van der Waals surface area (Å²) in [5, 5.41) is 7.10. The molecule has 0 aliphatic heterocycles. The molecule has 1 aromatic carbocycles. The zero-order chi connectivity index (χ0) is 19.7. The Bertz CT molecular complexity index is 1200. The summed E-state index contributed by atoms with van der Waals surface area (Å²) in [5.74, 6) is 0.255. The van der Waals surface area contributed by atoms with Crippen LogP contribution in [0.3, 0.4) is 0 Å². The third kappa shape index (κ3) is 3.89. The molecular weight excluding hydrogens is 418 g/mol. The first kappa shape index (κ1) is 18.9. The van der Waals surface area contributed by atoms with Crippen LogP contribution in [-0.2, 0) is 21.3 Å². The van der Waals surface area contributed by atoms with Crippen LogP contribution in [0, 0.1) is 6.92 Å². The third-order valence-electron chi connectivity index (χ3n) is 4.14. The van der Waals surface area contributed by atoms with Crippen molar-refractivity contribution in [3.63, 3.8) is 0 Å². The molecule has 0 amide bonds. The molecule has 0 fully saturated rings. The van der Waals surface area contributed by atoms with Crippen molar-refractivity contribution in [2.75, 3.05) is 0 Å². The summed E-state index contributed by atoms with van der Waals surface area (Å²) >= 11 is 7.81. The lowest BCUT2D eigenvalue weighted by Crippen LogP contribution is -2.09. The molecule has 0 N–H and O–H groups in total. The van der Waals surface area contributed by atoms with Gasteiger partial charge < -0.3 is 4.42 Å². The number of nitrogens with zero attached hydrogens (tertiary/aromatic N) is 3. The minimum atomic E-state index is -3.48. The Morgan fingerprint density at radius 3 is 2.64 bits per heavy atom. The highest BCUT2D eigenvalue weighted by atomic mass is 35.5. The van der Waals surface area contributed by atoms with Crippen molar-refractivity contribution in [3.05, 3.63) is 76.2 Å². The van der Waals surface area contributed by atoms with E-state index < -0.39 is 9.84 Å². The Labute approximate surface area is 171 Å². The number of halogens is 1. The van der Waals surface area contributed by atoms with Crippen LogP contribution in [0.4, 0.5) is 0 Å². The predicted molar refractivity (Wildman–Crippen MR) is 109 cm³/mol. The fourth-order valence-corrected chi connectivity index (χ4v) is 5.61. The van der Waals surface area contributed by atoms with Crippen LogP contribution in [0.2, 0.25) is 5.15 Å². The molecule has 4 aromatic rings. The molecular formula is C19H16ClN3O3S2. The van der Waals surface area contributed by atoms with Gasteiger partial charge >= 0.3 is 0 Å². The van der Waals surface area contributed by atoms with Gasteiger partial charge in [-0.05, 0) is 31.2 Å². The predicted octanol–water partition coefficient (Wildman–Crippen LogP) is 4.67. The van der Waals surface area contributed by atoms with Gasteiger partial charge in [0, 0.05) is 10.9 Å². The van der Waals surface area contributed by atoms with E-state index in [1.54, 1.807) is 35.4 Å². The third-order valence-corrected chi connectivity index (χ3v) is 6.90. The van der Waals surface area contributed by atoms with Crippen molar-refractivity contribution in [2.24, 2.45) is 0 Å². The Kier molecular flexibility index (Phi) is 5.09. The number of rotatable bonds is 6. The topological polar surface area (TPSA) is 78.0 Å². The zero-order valence-electron chi connectivity index (χ0n) is 14.9. The summed E-state index contributed by atoms with van der Waals surface area (Å²) < 4.78 is 32.4. The van der Waals surface area contributed by atoms with E-state index in [0.717, 1.165) is 5.69 Å². The summed E-state index contributed by atoms with van der Waals surface area (Å²) in [4.78, 5) is 4.37. The number of aryl methyl sites for hydroxylation is 1. The smallest absolute Gasteiger partial charge is 0.162 e. The second kappa shape index (κ2) is 7.54. The Morgan fingerprint density at radius 2 is 1.93 bits per heavy atom. The molecule has 3 aromatic heterocycles. The standard InChI is InChI=1S/C19H16ClN3O3S2/c1-13-16(18(20)23(22-13)15-6-3-2-4-7-15)12-28(24,25)11-14-10-27-19(21-14)17-8-5-9-26-17/h2-10H,11-12H2,1H3. The summed E-state index contributed by atoms with van der Waals surface area (Å²) in [6, 6.07) is 12.9. The maximum Gasteiger partial charge on any atom is 0.162 e. The molecule has 9 heteroatoms. The molecule has 0 saturated heterocycles. The second-order valence-electron chi connectivity index (χ2n) is 6.26. The molecule has 0 aliphatic carbocycles. The van der Waals surface area contributed by atoms with Gasteiger partial charge in [-0.1, -0.05) is 29.8 Å². The van der Waals surface area contributed by atoms with Gasteiger partial charge in [0.15, 0.2) is 20.6 Å². The number of para-hydroxylation sites is 1. The average molecular weight is 434 g/mol. The van der Waals surface area contributed by atoms with E-state index in [0.29, 0.717) is 32.9 Å². The molecule has 0 aliphatic rings. The Hall–Kier alpha value is -2.42. The number of hydrogen-bond acceptors (Lipinski definition) is 6. The van der Waals surface area contributed by atoms with Crippen LogP contribution in [-0.4, -0.2) is 23.2 Å². The van der Waals surface area contributed by atoms with Crippen molar-refractivity contribution >= 4 is 32.8 Å². The number of thiazole rings is 1. The van der Waals surface area contributed by atoms with Crippen LogP contribution in [0.25, 0.3) is 16.5 Å². The Morgan fingerprint density at radius 1 is 1.14 bits per heavy atom. The van der Waals surface area contributed by atoms with Crippen molar-refractivity contribution in [1.82, 2.24) is 14.8 Å². The Balaban J connectivity index is 1.56. The molecule has 0 bridgehead atoms. The van der Waals surface area contributed by atoms with E-state index in [9.17, 15) is 8.42 Å². The van der Waals surface area contributed by atoms with Crippen LogP contribution in [0.5, 0.6) is 0 Å². The number of sulfone groups is 1. The van der Waals surface area contributed by atoms with Gasteiger partial charge in [0.2, 0.25) is 0 Å². The molecule has 144 valence electrons. The summed E-state index contributed by atoms with van der Waals surface area (Å²) in [7, 11) is -3.48. The van der Waals surface area contributed by atoms with E-state index in [-0.39, 0.29) is 11.5 Å². The lowest BCUT2D eigenvalue weighted by Gasteiger charge is -2.04. The molecule has 0 unspecified atom stereocenters. The zero-order valence-corrected chi connectivity index (χ0v) is 17.3. The van der Waals surface area contributed by atoms with Crippen LogP contribution in [0.15, 0.2) is 58.5 Å². The largest absolute Gasteiger partial charge is 0.462 e. The maximum atomic E-state index is 12.8. The second-order valence-corrected chi connectivity index (χ2v) is 9.54. The van der Waals surface area contributed by atoms with E-state index in [1.165, 1.54) is 11.3 Å². The van der Waals surface area contributed by atoms with Crippen molar-refractivity contribution in [1.29, 1.82) is 0 Å². The maximum absolute atomic E-state index is 12.8. The van der Waals surface area contributed by atoms with E-state index in [4.69, 9.17) is 16.0 Å². The van der Waals surface area contributed by atoms with Gasteiger partial charge in [-0.25, -0.2) is 18.1 Å². The first-order chi connectivity index (χ1) is 13.4. The summed E-state index contributed by atoms with van der Waals surface area (Å²) in [6.45, 7) is 1.76. The van der Waals surface area contributed by atoms with Gasteiger partial charge in [0.25, 0.3) is 0 Å². The molecule has 0 radical (unpaired) electrons. The van der Waals surface area contributed by atoms with Gasteiger partial charge in [0.05, 0.1) is 34.8 Å². The van der Waals surface area contributed by atoms with Crippen molar-refractivity contribution in [3.8, 4) is 16.5 Å². The number of benzene rings is 1. The molecule has 4 rings (SSSR count). The quantitative estimate of drug-likeness (QED) is 0.441. The lowest BCUT2D eigenvalue weighted by molar-refractivity contribution is 0.581. The van der Waals surface area contributed by atoms with E-state index in [1.807, 2.05) is 30.3 Å². The molecule has 0 spiro atoms. The lowest BCUT2D eigenvalue weighted by atomic mass is 10.3. The highest BCUT2D eigenvalue weighted by molar-refractivity contribution is 7.89. The molecule has 6 nitrogen and oxygen atoms in total. The van der Waals surface area contributed by atoms with Crippen molar-refractivity contribution < 1.29 is 12.8 Å². The minimum absolute atomic E-state index is 0.170.